The van der Waals surface area contributed by atoms with E-state index in [0.29, 0.717) is 5.82 Å². The molecule has 10 rings (SSSR count). The van der Waals surface area contributed by atoms with Crippen LogP contribution in [0.3, 0.4) is 0 Å². The van der Waals surface area contributed by atoms with Crippen LogP contribution in [0.1, 0.15) is 0 Å². The minimum atomic E-state index is 0.715. The van der Waals surface area contributed by atoms with Crippen molar-refractivity contribution in [3.05, 3.63) is 170 Å². The normalized spacial score (nSPS) is 11.7. The van der Waals surface area contributed by atoms with Crippen molar-refractivity contribution in [3.8, 4) is 45.0 Å². The van der Waals surface area contributed by atoms with E-state index in [2.05, 4.69) is 158 Å². The average molecular weight is 641 g/mol. The second-order valence-electron chi connectivity index (χ2n) is 12.5. The van der Waals surface area contributed by atoms with Gasteiger partial charge < -0.3 is 0 Å². The van der Waals surface area contributed by atoms with Gasteiger partial charge in [0.1, 0.15) is 0 Å². The van der Waals surface area contributed by atoms with Gasteiger partial charge in [0.2, 0.25) is 0 Å². The van der Waals surface area contributed by atoms with Crippen LogP contribution < -0.4 is 0 Å². The predicted octanol–water partition coefficient (Wildman–Crippen LogP) is 13.0. The summed E-state index contributed by atoms with van der Waals surface area (Å²) in [6, 6.07) is 60.8. The minimum absolute atomic E-state index is 0.715. The molecule has 0 aliphatic heterocycles. The molecule has 8 aromatic carbocycles. The van der Waals surface area contributed by atoms with Crippen LogP contribution in [-0.4, -0.2) is 9.97 Å². The minimum Gasteiger partial charge on any atom is -0.228 e. The zero-order chi connectivity index (χ0) is 32.3. The van der Waals surface area contributed by atoms with Gasteiger partial charge in [0.25, 0.3) is 0 Å². The summed E-state index contributed by atoms with van der Waals surface area (Å²) in [7, 11) is 0. The van der Waals surface area contributed by atoms with Crippen LogP contribution in [0.2, 0.25) is 0 Å². The molecule has 0 radical (unpaired) electrons. The fraction of sp³-hybridized carbons (Fsp3) is 0. The number of hydrogen-bond donors (Lipinski definition) is 0. The molecule has 0 aliphatic carbocycles. The van der Waals surface area contributed by atoms with Gasteiger partial charge in [-0.3, -0.25) is 0 Å². The van der Waals surface area contributed by atoms with E-state index in [9.17, 15) is 0 Å². The lowest BCUT2D eigenvalue weighted by molar-refractivity contribution is 1.18. The topological polar surface area (TPSA) is 25.8 Å². The van der Waals surface area contributed by atoms with E-state index in [0.717, 1.165) is 28.1 Å². The highest BCUT2D eigenvalue weighted by molar-refractivity contribution is 7.25. The third kappa shape index (κ3) is 4.62. The number of benzene rings is 8. The van der Waals surface area contributed by atoms with E-state index in [4.69, 9.17) is 9.97 Å². The van der Waals surface area contributed by atoms with E-state index in [1.165, 1.54) is 63.6 Å². The maximum atomic E-state index is 5.17. The zero-order valence-corrected chi connectivity index (χ0v) is 27.3. The quantitative estimate of drug-likeness (QED) is 0.179. The maximum Gasteiger partial charge on any atom is 0.160 e. The van der Waals surface area contributed by atoms with Gasteiger partial charge in [-0.15, -0.1) is 11.3 Å². The van der Waals surface area contributed by atoms with Crippen molar-refractivity contribution in [1.82, 2.24) is 9.97 Å². The number of rotatable bonds is 4. The molecule has 10 aromatic rings. The van der Waals surface area contributed by atoms with Gasteiger partial charge in [0.05, 0.1) is 11.4 Å². The molecule has 0 saturated heterocycles. The first-order chi connectivity index (χ1) is 24.3. The third-order valence-electron chi connectivity index (χ3n) is 9.67. The van der Waals surface area contributed by atoms with Gasteiger partial charge in [0, 0.05) is 36.9 Å². The molecule has 49 heavy (non-hydrogen) atoms. The van der Waals surface area contributed by atoms with Gasteiger partial charge in [-0.25, -0.2) is 9.97 Å². The molecule has 0 unspecified atom stereocenters. The van der Waals surface area contributed by atoms with Crippen molar-refractivity contribution in [2.24, 2.45) is 0 Å². The van der Waals surface area contributed by atoms with Crippen molar-refractivity contribution < 1.29 is 0 Å². The SMILES string of the molecule is c1ccc(-c2cc(-c3ccccc3)nc(-c3ccc4c5ccccc5c5cccc(-c6ccc7c(c6)sc6ccccc67)c5c4c3)n2)cc1. The fourth-order valence-electron chi connectivity index (χ4n) is 7.37. The number of thiophene rings is 1. The number of fused-ring (bicyclic) bond motifs is 9. The Bertz CT molecular complexity index is 2810. The monoisotopic (exact) mass is 640 g/mol. The summed E-state index contributed by atoms with van der Waals surface area (Å²) in [5.41, 5.74) is 7.40. The third-order valence-corrected chi connectivity index (χ3v) is 10.8. The number of hydrogen-bond acceptors (Lipinski definition) is 3. The molecule has 0 saturated carbocycles. The largest absolute Gasteiger partial charge is 0.228 e. The van der Waals surface area contributed by atoms with E-state index in [-0.39, 0.29) is 0 Å². The van der Waals surface area contributed by atoms with Crippen LogP contribution in [0.4, 0.5) is 0 Å². The van der Waals surface area contributed by atoms with Crippen LogP contribution in [0.25, 0.3) is 97.5 Å². The number of aromatic nitrogens is 2. The molecule has 228 valence electrons. The Labute approximate surface area is 287 Å². The fourth-order valence-corrected chi connectivity index (χ4v) is 8.51. The summed E-state index contributed by atoms with van der Waals surface area (Å²) in [5, 5.41) is 10.1. The lowest BCUT2D eigenvalue weighted by Gasteiger charge is -2.16. The second kappa shape index (κ2) is 11.2. The van der Waals surface area contributed by atoms with E-state index < -0.39 is 0 Å². The van der Waals surface area contributed by atoms with Crippen molar-refractivity contribution in [2.45, 2.75) is 0 Å². The van der Waals surface area contributed by atoms with Crippen molar-refractivity contribution in [1.29, 1.82) is 0 Å². The molecular formula is C46H28N2S. The van der Waals surface area contributed by atoms with Gasteiger partial charge in [-0.1, -0.05) is 146 Å². The highest BCUT2D eigenvalue weighted by Gasteiger charge is 2.17. The molecule has 0 spiro atoms. The van der Waals surface area contributed by atoms with Crippen LogP contribution in [0, 0.1) is 0 Å². The molecule has 2 aromatic heterocycles. The van der Waals surface area contributed by atoms with Gasteiger partial charge >= 0.3 is 0 Å². The summed E-state index contributed by atoms with van der Waals surface area (Å²) < 4.78 is 2.63. The molecule has 3 heteroatoms. The molecule has 0 amide bonds. The lowest BCUT2D eigenvalue weighted by atomic mass is 9.88. The first-order valence-corrected chi connectivity index (χ1v) is 17.4. The summed E-state index contributed by atoms with van der Waals surface area (Å²) in [6.07, 6.45) is 0. The molecular weight excluding hydrogens is 613 g/mol. The van der Waals surface area contributed by atoms with Crippen molar-refractivity contribution in [2.75, 3.05) is 0 Å². The summed E-state index contributed by atoms with van der Waals surface area (Å²) >= 11 is 1.86. The summed E-state index contributed by atoms with van der Waals surface area (Å²) in [6.45, 7) is 0. The number of nitrogens with zero attached hydrogens (tertiary/aromatic N) is 2. The molecule has 0 bridgehead atoms. The molecule has 0 N–H and O–H groups in total. The maximum absolute atomic E-state index is 5.17. The van der Waals surface area contributed by atoms with Crippen LogP contribution in [-0.2, 0) is 0 Å². The van der Waals surface area contributed by atoms with Crippen LogP contribution in [0.15, 0.2) is 170 Å². The van der Waals surface area contributed by atoms with E-state index >= 15 is 0 Å². The molecule has 0 fully saturated rings. The Morgan fingerprint density at radius 3 is 1.61 bits per heavy atom. The molecule has 2 nitrogen and oxygen atoms in total. The summed E-state index contributed by atoms with van der Waals surface area (Å²) in [5.74, 6) is 0.715. The molecule has 2 heterocycles. The second-order valence-corrected chi connectivity index (χ2v) is 13.6. The standard InChI is InChI=1S/C46H28N2S/c1-3-12-29(13-4-1)41-28-42(30-14-5-2-6-15-30)48-46(47-41)32-23-24-36-34-16-7-8-17-35(34)39-20-11-19-33(45(39)40(36)26-32)31-22-25-38-37-18-9-10-21-43(37)49-44(38)27-31/h1-28H. The Kier molecular flexibility index (Phi) is 6.39. The highest BCUT2D eigenvalue weighted by atomic mass is 32.1. The first kappa shape index (κ1) is 27.9. The Morgan fingerprint density at radius 1 is 0.327 bits per heavy atom. The van der Waals surface area contributed by atoms with Crippen molar-refractivity contribution in [3.63, 3.8) is 0 Å². The van der Waals surface area contributed by atoms with Crippen LogP contribution in [0.5, 0.6) is 0 Å². The lowest BCUT2D eigenvalue weighted by Crippen LogP contribution is -1.96. The van der Waals surface area contributed by atoms with Crippen molar-refractivity contribution >= 4 is 63.8 Å². The van der Waals surface area contributed by atoms with Gasteiger partial charge in [-0.05, 0) is 67.7 Å². The highest BCUT2D eigenvalue weighted by Crippen LogP contribution is 2.43. The van der Waals surface area contributed by atoms with E-state index in [1.807, 2.05) is 23.5 Å². The smallest absolute Gasteiger partial charge is 0.160 e. The Hall–Kier alpha value is -6.16. The van der Waals surface area contributed by atoms with Gasteiger partial charge in [-0.2, -0.15) is 0 Å². The predicted molar refractivity (Wildman–Crippen MR) is 209 cm³/mol. The first-order valence-electron chi connectivity index (χ1n) is 16.6. The Balaban J connectivity index is 1.25. The Morgan fingerprint density at radius 2 is 0.878 bits per heavy atom. The van der Waals surface area contributed by atoms with E-state index in [1.54, 1.807) is 0 Å². The molecule has 0 atom stereocenters. The zero-order valence-electron chi connectivity index (χ0n) is 26.5. The average Bonchev–Trinajstić information content (AvgIpc) is 3.56. The summed E-state index contributed by atoms with van der Waals surface area (Å²) in [4.78, 5) is 10.3. The van der Waals surface area contributed by atoms with Crippen LogP contribution >= 0.6 is 11.3 Å². The molecule has 0 aliphatic rings. The van der Waals surface area contributed by atoms with Gasteiger partial charge in [0.15, 0.2) is 5.82 Å².